The average molecular weight is 257 g/mol. The van der Waals surface area contributed by atoms with Crippen LogP contribution in [0.4, 0.5) is 0 Å². The number of hydrogen-bond donors (Lipinski definition) is 1. The van der Waals surface area contributed by atoms with Crippen LogP contribution < -0.4 is 0 Å². The fourth-order valence-corrected chi connectivity index (χ4v) is 3.52. The van der Waals surface area contributed by atoms with Gasteiger partial charge in [-0.3, -0.25) is 9.59 Å². The van der Waals surface area contributed by atoms with E-state index in [1.165, 1.54) is 11.8 Å². The van der Waals surface area contributed by atoms with Crippen LogP contribution in [0.5, 0.6) is 0 Å². The van der Waals surface area contributed by atoms with Crippen molar-refractivity contribution in [2.75, 3.05) is 19.3 Å². The van der Waals surface area contributed by atoms with Crippen LogP contribution in [0.2, 0.25) is 0 Å². The third-order valence-corrected chi connectivity index (χ3v) is 5.22. The predicted molar refractivity (Wildman–Crippen MR) is 67.0 cm³/mol. The van der Waals surface area contributed by atoms with Crippen molar-refractivity contribution in [3.8, 4) is 0 Å². The molecule has 1 N–H and O–H groups in total. The van der Waals surface area contributed by atoms with Gasteiger partial charge in [-0.1, -0.05) is 6.42 Å². The predicted octanol–water partition coefficient (Wildman–Crippen LogP) is 1.45. The van der Waals surface area contributed by atoms with Crippen LogP contribution in [0.1, 0.15) is 26.2 Å². The Hall–Kier alpha value is -0.710. The van der Waals surface area contributed by atoms with Gasteiger partial charge >= 0.3 is 5.97 Å². The smallest absolute Gasteiger partial charge is 0.311 e. The van der Waals surface area contributed by atoms with Crippen molar-refractivity contribution in [3.05, 3.63) is 0 Å². The summed E-state index contributed by atoms with van der Waals surface area (Å²) >= 11 is 1.52. The molecule has 5 heteroatoms. The number of carboxylic acids is 1. The first kappa shape index (κ1) is 12.7. The Kier molecular flexibility index (Phi) is 3.39. The third-order valence-electron chi connectivity index (χ3n) is 4.31. The Bertz CT molecular complexity index is 347. The highest BCUT2D eigenvalue weighted by Gasteiger charge is 2.55. The molecular formula is C12H19NO3S. The number of nitrogens with zero attached hydrogens (tertiary/aromatic N) is 1. The molecule has 1 saturated carbocycles. The van der Waals surface area contributed by atoms with Crippen LogP contribution in [0.25, 0.3) is 0 Å². The van der Waals surface area contributed by atoms with Crippen LogP contribution in [-0.2, 0) is 9.59 Å². The zero-order valence-corrected chi connectivity index (χ0v) is 11.1. The van der Waals surface area contributed by atoms with E-state index in [1.54, 1.807) is 4.90 Å². The summed E-state index contributed by atoms with van der Waals surface area (Å²) in [7, 11) is 0. The minimum Gasteiger partial charge on any atom is -0.481 e. The van der Waals surface area contributed by atoms with Crippen molar-refractivity contribution < 1.29 is 14.7 Å². The van der Waals surface area contributed by atoms with Crippen molar-refractivity contribution in [3.63, 3.8) is 0 Å². The Morgan fingerprint density at radius 1 is 1.53 bits per heavy atom. The van der Waals surface area contributed by atoms with E-state index in [-0.39, 0.29) is 17.1 Å². The first-order valence-corrected chi connectivity index (χ1v) is 7.35. The van der Waals surface area contributed by atoms with Crippen LogP contribution in [0.3, 0.4) is 0 Å². The van der Waals surface area contributed by atoms with Gasteiger partial charge in [-0.2, -0.15) is 11.8 Å². The lowest BCUT2D eigenvalue weighted by atomic mass is 9.81. The van der Waals surface area contributed by atoms with Gasteiger partial charge in [0.2, 0.25) is 5.91 Å². The highest BCUT2D eigenvalue weighted by molar-refractivity contribution is 7.99. The van der Waals surface area contributed by atoms with Gasteiger partial charge in [-0.25, -0.2) is 0 Å². The van der Waals surface area contributed by atoms with Gasteiger partial charge in [-0.05, 0) is 31.9 Å². The van der Waals surface area contributed by atoms with E-state index in [2.05, 4.69) is 0 Å². The minimum atomic E-state index is -0.716. The first-order valence-electron chi connectivity index (χ1n) is 6.06. The number of hydrogen-bond acceptors (Lipinski definition) is 3. The molecule has 1 aliphatic carbocycles. The van der Waals surface area contributed by atoms with Crippen molar-refractivity contribution in [2.45, 2.75) is 31.4 Å². The summed E-state index contributed by atoms with van der Waals surface area (Å²) in [6.45, 7) is 2.93. The van der Waals surface area contributed by atoms with Crippen LogP contribution in [0, 0.1) is 11.3 Å². The van der Waals surface area contributed by atoms with E-state index in [0.717, 1.165) is 19.3 Å². The molecule has 2 aliphatic rings. The molecule has 1 heterocycles. The van der Waals surface area contributed by atoms with Gasteiger partial charge in [0.25, 0.3) is 0 Å². The van der Waals surface area contributed by atoms with Gasteiger partial charge in [0.1, 0.15) is 0 Å². The van der Waals surface area contributed by atoms with E-state index in [1.807, 2.05) is 13.2 Å². The number of amides is 1. The fraction of sp³-hybridized carbons (Fsp3) is 0.833. The molecule has 0 aromatic carbocycles. The van der Waals surface area contributed by atoms with Gasteiger partial charge < -0.3 is 10.0 Å². The largest absolute Gasteiger partial charge is 0.481 e. The van der Waals surface area contributed by atoms with E-state index in [0.29, 0.717) is 13.1 Å². The number of fused-ring (bicyclic) bond motifs is 1. The normalized spacial score (nSPS) is 33.5. The van der Waals surface area contributed by atoms with Crippen LogP contribution in [-0.4, -0.2) is 46.5 Å². The Morgan fingerprint density at radius 2 is 2.24 bits per heavy atom. The molecule has 17 heavy (non-hydrogen) atoms. The monoisotopic (exact) mass is 257 g/mol. The zero-order valence-electron chi connectivity index (χ0n) is 10.3. The number of rotatable bonds is 3. The molecule has 4 nitrogen and oxygen atoms in total. The molecular weight excluding hydrogens is 238 g/mol. The summed E-state index contributed by atoms with van der Waals surface area (Å²) in [4.78, 5) is 25.3. The van der Waals surface area contributed by atoms with Gasteiger partial charge in [0.15, 0.2) is 0 Å². The molecule has 0 spiro atoms. The van der Waals surface area contributed by atoms with Gasteiger partial charge in [0, 0.05) is 13.1 Å². The molecule has 0 aromatic heterocycles. The molecule has 96 valence electrons. The lowest BCUT2D eigenvalue weighted by Crippen LogP contribution is -2.39. The highest BCUT2D eigenvalue weighted by Crippen LogP contribution is 2.49. The van der Waals surface area contributed by atoms with Gasteiger partial charge in [-0.15, -0.1) is 0 Å². The SMILES string of the molecule is CSC(C)C(=O)N1C[C@@H]2CCC[C@@]2(C(=O)O)C1. The molecule has 1 amide bonds. The summed E-state index contributed by atoms with van der Waals surface area (Å²) in [6, 6.07) is 0. The molecule has 2 rings (SSSR count). The Balaban J connectivity index is 2.13. The number of carbonyl (C=O) groups excluding carboxylic acids is 1. The number of likely N-dealkylation sites (tertiary alicyclic amines) is 1. The molecule has 1 aliphatic heterocycles. The third kappa shape index (κ3) is 1.94. The second-order valence-corrected chi connectivity index (χ2v) is 6.33. The number of aliphatic carboxylic acids is 1. The van der Waals surface area contributed by atoms with E-state index < -0.39 is 11.4 Å². The molecule has 2 fully saturated rings. The maximum absolute atomic E-state index is 12.1. The summed E-state index contributed by atoms with van der Waals surface area (Å²) < 4.78 is 0. The molecule has 1 saturated heterocycles. The Labute approximate surface area is 106 Å². The number of thioether (sulfide) groups is 1. The van der Waals surface area contributed by atoms with Crippen molar-refractivity contribution >= 4 is 23.6 Å². The summed E-state index contributed by atoms with van der Waals surface area (Å²) in [5, 5.41) is 9.36. The lowest BCUT2D eigenvalue weighted by molar-refractivity contribution is -0.149. The quantitative estimate of drug-likeness (QED) is 0.831. The second-order valence-electron chi connectivity index (χ2n) is 5.15. The fourth-order valence-electron chi connectivity index (χ4n) is 3.16. The van der Waals surface area contributed by atoms with Crippen LogP contribution >= 0.6 is 11.8 Å². The maximum atomic E-state index is 12.1. The van der Waals surface area contributed by atoms with Crippen molar-refractivity contribution in [1.29, 1.82) is 0 Å². The van der Waals surface area contributed by atoms with E-state index in [9.17, 15) is 14.7 Å². The molecule has 0 radical (unpaired) electrons. The van der Waals surface area contributed by atoms with Crippen LogP contribution in [0.15, 0.2) is 0 Å². The standard InChI is InChI=1S/C12H19NO3S/c1-8(17-2)10(14)13-6-9-4-3-5-12(9,7-13)11(15)16/h8-9H,3-7H2,1-2H3,(H,15,16)/t8?,9-,12+/m0/s1. The molecule has 0 bridgehead atoms. The first-order chi connectivity index (χ1) is 8.01. The van der Waals surface area contributed by atoms with E-state index >= 15 is 0 Å². The minimum absolute atomic E-state index is 0.0697. The zero-order chi connectivity index (χ0) is 12.6. The van der Waals surface area contributed by atoms with Crippen molar-refractivity contribution in [2.24, 2.45) is 11.3 Å². The molecule has 0 aromatic rings. The summed E-state index contributed by atoms with van der Waals surface area (Å²) in [6.07, 6.45) is 4.57. The summed E-state index contributed by atoms with van der Waals surface area (Å²) in [5.74, 6) is -0.461. The van der Waals surface area contributed by atoms with Gasteiger partial charge in [0.05, 0.1) is 10.7 Å². The average Bonchev–Trinajstić information content (AvgIpc) is 2.83. The van der Waals surface area contributed by atoms with E-state index in [4.69, 9.17) is 0 Å². The Morgan fingerprint density at radius 3 is 2.76 bits per heavy atom. The lowest BCUT2D eigenvalue weighted by Gasteiger charge is -2.24. The number of carbonyl (C=O) groups is 2. The molecule has 3 atom stereocenters. The van der Waals surface area contributed by atoms with Crippen molar-refractivity contribution in [1.82, 2.24) is 4.90 Å². The highest BCUT2D eigenvalue weighted by atomic mass is 32.2. The molecule has 1 unspecified atom stereocenters. The summed E-state index contributed by atoms with van der Waals surface area (Å²) in [5.41, 5.74) is -0.645. The second kappa shape index (κ2) is 4.52. The number of carboxylic acid groups (broad SMARTS) is 1. The maximum Gasteiger partial charge on any atom is 0.311 e. The topological polar surface area (TPSA) is 57.6 Å².